The Kier molecular flexibility index (Phi) is 8.51. The van der Waals surface area contributed by atoms with E-state index in [1.165, 1.54) is 19.3 Å². The molecular weight excluding hydrogens is 362 g/mol. The Morgan fingerprint density at radius 2 is 1.71 bits per heavy atom. The molecule has 0 aromatic heterocycles. The fraction of sp³-hybridized carbons (Fsp3) is 0.900. The summed E-state index contributed by atoms with van der Waals surface area (Å²) in [6, 6.07) is 0.0851. The van der Waals surface area contributed by atoms with E-state index >= 15 is 0 Å². The highest BCUT2D eigenvalue weighted by Gasteiger charge is 2.33. The summed E-state index contributed by atoms with van der Waals surface area (Å²) in [6.45, 7) is 3.01. The van der Waals surface area contributed by atoms with Crippen molar-refractivity contribution in [3.63, 3.8) is 0 Å². The third-order valence-corrected chi connectivity index (χ3v) is 6.00. The zero-order chi connectivity index (χ0) is 19.8. The van der Waals surface area contributed by atoms with Crippen molar-refractivity contribution >= 4 is 11.8 Å². The van der Waals surface area contributed by atoms with Gasteiger partial charge < -0.3 is 25.2 Å². The van der Waals surface area contributed by atoms with E-state index < -0.39 is 6.10 Å². The van der Waals surface area contributed by atoms with Crippen LogP contribution in [0.25, 0.3) is 0 Å². The zero-order valence-corrected chi connectivity index (χ0v) is 16.7. The van der Waals surface area contributed by atoms with Gasteiger partial charge in [0.2, 0.25) is 11.8 Å². The highest BCUT2D eigenvalue weighted by molar-refractivity contribution is 5.78. The van der Waals surface area contributed by atoms with Gasteiger partial charge in [0.1, 0.15) is 6.10 Å². The van der Waals surface area contributed by atoms with E-state index in [1.54, 1.807) is 0 Å². The fourth-order valence-corrected chi connectivity index (χ4v) is 4.40. The number of rotatable bonds is 7. The lowest BCUT2D eigenvalue weighted by Gasteiger charge is -2.36. The number of ether oxygens (including phenoxy) is 2. The van der Waals surface area contributed by atoms with Crippen molar-refractivity contribution in [3.05, 3.63) is 0 Å². The Bertz CT molecular complexity index is 506. The number of hydrogen-bond acceptors (Lipinski definition) is 6. The van der Waals surface area contributed by atoms with E-state index in [2.05, 4.69) is 15.5 Å². The van der Waals surface area contributed by atoms with Crippen molar-refractivity contribution in [1.82, 2.24) is 15.5 Å². The topological polar surface area (TPSA) is 100 Å². The first-order valence-corrected chi connectivity index (χ1v) is 10.8. The predicted molar refractivity (Wildman–Crippen MR) is 104 cm³/mol. The van der Waals surface area contributed by atoms with Gasteiger partial charge in [-0.3, -0.25) is 14.5 Å². The van der Waals surface area contributed by atoms with Gasteiger partial charge >= 0.3 is 0 Å². The lowest BCUT2D eigenvalue weighted by atomic mass is 9.94. The first-order chi connectivity index (χ1) is 13.6. The van der Waals surface area contributed by atoms with Gasteiger partial charge in [-0.2, -0.15) is 0 Å². The predicted octanol–water partition coefficient (Wildman–Crippen LogP) is 0.182. The first kappa shape index (κ1) is 21.5. The summed E-state index contributed by atoms with van der Waals surface area (Å²) in [4.78, 5) is 26.7. The van der Waals surface area contributed by atoms with Crippen LogP contribution in [0, 0.1) is 0 Å². The van der Waals surface area contributed by atoms with Gasteiger partial charge in [0, 0.05) is 19.1 Å². The summed E-state index contributed by atoms with van der Waals surface area (Å²) in [5, 5.41) is 15.8. The second kappa shape index (κ2) is 11.1. The molecule has 0 radical (unpaired) electrons. The summed E-state index contributed by atoms with van der Waals surface area (Å²) in [6.07, 6.45) is 6.83. The molecular formula is C20H35N3O5. The van der Waals surface area contributed by atoms with E-state index in [0.717, 1.165) is 25.9 Å². The minimum atomic E-state index is -0.463. The molecule has 1 aliphatic carbocycles. The average molecular weight is 398 g/mol. The van der Waals surface area contributed by atoms with Crippen molar-refractivity contribution in [2.45, 2.75) is 75.7 Å². The van der Waals surface area contributed by atoms with Crippen LogP contribution in [0.15, 0.2) is 0 Å². The number of carbonyl (C=O) groups is 2. The number of nitrogens with one attached hydrogen (secondary N) is 2. The lowest BCUT2D eigenvalue weighted by molar-refractivity contribution is -0.137. The van der Waals surface area contributed by atoms with Gasteiger partial charge in [0.25, 0.3) is 0 Å². The molecule has 1 saturated carbocycles. The number of nitrogens with zero attached hydrogens (tertiary/aromatic N) is 1. The maximum absolute atomic E-state index is 12.3. The number of morpholine rings is 1. The lowest BCUT2D eigenvalue weighted by Crippen LogP contribution is -2.54. The van der Waals surface area contributed by atoms with Gasteiger partial charge in [-0.1, -0.05) is 19.3 Å². The molecule has 2 aliphatic heterocycles. The van der Waals surface area contributed by atoms with Crippen LogP contribution in [0.1, 0.15) is 51.4 Å². The van der Waals surface area contributed by atoms with Gasteiger partial charge in [0.05, 0.1) is 44.9 Å². The molecule has 3 rings (SSSR count). The molecule has 0 aromatic rings. The highest BCUT2D eigenvalue weighted by Crippen LogP contribution is 2.23. The van der Waals surface area contributed by atoms with Crippen LogP contribution in [-0.4, -0.2) is 85.6 Å². The molecule has 3 atom stereocenters. The third kappa shape index (κ3) is 6.69. The molecule has 2 amide bonds. The van der Waals surface area contributed by atoms with Crippen LogP contribution >= 0.6 is 0 Å². The van der Waals surface area contributed by atoms with E-state index in [0.29, 0.717) is 45.1 Å². The molecule has 3 N–H and O–H groups in total. The first-order valence-electron chi connectivity index (χ1n) is 10.8. The molecule has 160 valence electrons. The molecule has 2 saturated heterocycles. The Morgan fingerprint density at radius 3 is 2.43 bits per heavy atom. The second-order valence-corrected chi connectivity index (χ2v) is 8.23. The van der Waals surface area contributed by atoms with E-state index in [4.69, 9.17) is 9.47 Å². The maximum atomic E-state index is 12.3. The summed E-state index contributed by atoms with van der Waals surface area (Å²) in [5.74, 6) is -0.0224. The molecule has 2 heterocycles. The number of aliphatic hydroxyl groups is 1. The van der Waals surface area contributed by atoms with E-state index in [1.807, 2.05) is 0 Å². The normalized spacial score (nSPS) is 30.0. The van der Waals surface area contributed by atoms with E-state index in [9.17, 15) is 14.7 Å². The quantitative estimate of drug-likeness (QED) is 0.567. The van der Waals surface area contributed by atoms with Crippen LogP contribution in [-0.2, 0) is 19.1 Å². The maximum Gasteiger partial charge on any atom is 0.234 e. The molecule has 0 bridgehead atoms. The van der Waals surface area contributed by atoms with Crippen molar-refractivity contribution in [2.24, 2.45) is 0 Å². The van der Waals surface area contributed by atoms with Crippen molar-refractivity contribution < 1.29 is 24.2 Å². The molecule has 28 heavy (non-hydrogen) atoms. The Labute approximate surface area is 167 Å². The largest absolute Gasteiger partial charge is 0.394 e. The summed E-state index contributed by atoms with van der Waals surface area (Å²) in [5.41, 5.74) is 0. The molecule has 3 aliphatic rings. The van der Waals surface area contributed by atoms with Crippen molar-refractivity contribution in [2.75, 3.05) is 39.5 Å². The minimum Gasteiger partial charge on any atom is -0.394 e. The van der Waals surface area contributed by atoms with Crippen LogP contribution in [0.4, 0.5) is 0 Å². The fourth-order valence-electron chi connectivity index (χ4n) is 4.40. The average Bonchev–Trinajstić information content (AvgIpc) is 2.70. The van der Waals surface area contributed by atoms with E-state index in [-0.39, 0.29) is 30.6 Å². The van der Waals surface area contributed by atoms with Crippen LogP contribution < -0.4 is 10.6 Å². The number of carbonyl (C=O) groups excluding carboxylic acids is 2. The number of hydrogen-bond donors (Lipinski definition) is 3. The zero-order valence-electron chi connectivity index (χ0n) is 16.7. The van der Waals surface area contributed by atoms with Gasteiger partial charge in [-0.15, -0.1) is 0 Å². The molecule has 3 fully saturated rings. The van der Waals surface area contributed by atoms with Crippen LogP contribution in [0.5, 0.6) is 0 Å². The highest BCUT2D eigenvalue weighted by atomic mass is 16.5. The van der Waals surface area contributed by atoms with Crippen molar-refractivity contribution in [1.29, 1.82) is 0 Å². The van der Waals surface area contributed by atoms with Gasteiger partial charge in [-0.05, 0) is 25.7 Å². The molecule has 8 nitrogen and oxygen atoms in total. The SMILES string of the molecule is O=C(C[C@@H]1CC[C@@H](NC(=O)CN2CCOCC2)[C@@H](CO)O1)NC1CCCCC1. The number of aliphatic hydroxyl groups excluding tert-OH is 1. The number of amides is 2. The summed E-state index contributed by atoms with van der Waals surface area (Å²) < 4.78 is 11.2. The van der Waals surface area contributed by atoms with Crippen LogP contribution in [0.3, 0.4) is 0 Å². The molecule has 0 unspecified atom stereocenters. The summed E-state index contributed by atoms with van der Waals surface area (Å²) >= 11 is 0. The third-order valence-electron chi connectivity index (χ3n) is 6.00. The Balaban J connectivity index is 1.39. The van der Waals surface area contributed by atoms with Crippen LogP contribution in [0.2, 0.25) is 0 Å². The Morgan fingerprint density at radius 1 is 0.964 bits per heavy atom. The smallest absolute Gasteiger partial charge is 0.234 e. The second-order valence-electron chi connectivity index (χ2n) is 8.23. The Hall–Kier alpha value is -1.22. The summed E-state index contributed by atoms with van der Waals surface area (Å²) in [7, 11) is 0. The van der Waals surface area contributed by atoms with Crippen molar-refractivity contribution in [3.8, 4) is 0 Å². The molecule has 0 spiro atoms. The minimum absolute atomic E-state index is 0.0309. The molecule has 8 heteroatoms. The van der Waals surface area contributed by atoms with Gasteiger partial charge in [0.15, 0.2) is 0 Å². The molecule has 0 aromatic carbocycles. The standard InChI is InChI=1S/C20H35N3O5/c24-14-18-17(22-20(26)13-23-8-10-27-11-9-23)7-6-16(28-18)12-19(25)21-15-4-2-1-3-5-15/h15-18,24H,1-14H2,(H,21,25)(H,22,26)/t16-,17+,18+/m0/s1. The monoisotopic (exact) mass is 397 g/mol. The van der Waals surface area contributed by atoms with Gasteiger partial charge in [-0.25, -0.2) is 0 Å².